The maximum Gasteiger partial charge on any atom is 0.319 e. The van der Waals surface area contributed by atoms with Gasteiger partial charge >= 0.3 is 6.03 Å². The molecular weight excluding hydrogens is 375 g/mol. The summed E-state index contributed by atoms with van der Waals surface area (Å²) in [6.45, 7) is 0.258. The van der Waals surface area contributed by atoms with E-state index in [0.717, 1.165) is 5.56 Å². The van der Waals surface area contributed by atoms with Gasteiger partial charge in [-0.15, -0.1) is 0 Å². The minimum absolute atomic E-state index is 0.258. The monoisotopic (exact) mass is 386 g/mol. The van der Waals surface area contributed by atoms with Crippen LogP contribution in [0.1, 0.15) is 5.56 Å². The number of benzene rings is 2. The van der Waals surface area contributed by atoms with Crippen LogP contribution >= 0.6 is 27.5 Å². The molecule has 22 heavy (non-hydrogen) atoms. The van der Waals surface area contributed by atoms with Crippen LogP contribution in [0.25, 0.3) is 0 Å². The van der Waals surface area contributed by atoms with Crippen LogP contribution in [0.4, 0.5) is 14.9 Å². The highest BCUT2D eigenvalue weighted by molar-refractivity contribution is 9.10. The lowest BCUT2D eigenvalue weighted by Gasteiger charge is -2.11. The van der Waals surface area contributed by atoms with Gasteiger partial charge in [-0.1, -0.05) is 17.7 Å². The van der Waals surface area contributed by atoms with E-state index in [1.54, 1.807) is 30.3 Å². The Hall–Kier alpha value is -1.79. The van der Waals surface area contributed by atoms with Gasteiger partial charge in [-0.05, 0) is 51.8 Å². The van der Waals surface area contributed by atoms with Crippen LogP contribution in [0, 0.1) is 5.82 Å². The first-order chi connectivity index (χ1) is 10.5. The molecule has 0 saturated heterocycles. The Balaban J connectivity index is 1.98. The number of carbonyl (C=O) groups is 1. The number of halogens is 3. The van der Waals surface area contributed by atoms with Crippen LogP contribution in [0.5, 0.6) is 5.75 Å². The van der Waals surface area contributed by atoms with E-state index < -0.39 is 6.03 Å². The van der Waals surface area contributed by atoms with Crippen molar-refractivity contribution in [3.05, 3.63) is 57.3 Å². The number of nitrogens with one attached hydrogen (secondary N) is 2. The van der Waals surface area contributed by atoms with E-state index in [1.807, 2.05) is 0 Å². The molecule has 0 unspecified atom stereocenters. The molecule has 0 aliphatic rings. The molecule has 2 aromatic carbocycles. The average molecular weight is 388 g/mol. The zero-order valence-corrected chi connectivity index (χ0v) is 14.0. The highest BCUT2D eigenvalue weighted by Crippen LogP contribution is 2.27. The maximum atomic E-state index is 13.1. The van der Waals surface area contributed by atoms with Gasteiger partial charge in [0.1, 0.15) is 11.6 Å². The first kappa shape index (κ1) is 16.6. The molecule has 0 spiro atoms. The van der Waals surface area contributed by atoms with E-state index in [4.69, 9.17) is 16.3 Å². The molecule has 7 heteroatoms. The van der Waals surface area contributed by atoms with Crippen LogP contribution in [-0.2, 0) is 6.54 Å². The Kier molecular flexibility index (Phi) is 5.63. The summed E-state index contributed by atoms with van der Waals surface area (Å²) in [5.41, 5.74) is 1.23. The van der Waals surface area contributed by atoms with Gasteiger partial charge in [0.2, 0.25) is 0 Å². The van der Waals surface area contributed by atoms with Gasteiger partial charge < -0.3 is 15.4 Å². The van der Waals surface area contributed by atoms with Crippen molar-refractivity contribution in [3.8, 4) is 5.75 Å². The summed E-state index contributed by atoms with van der Waals surface area (Å²) in [4.78, 5) is 11.9. The van der Waals surface area contributed by atoms with Crippen LogP contribution in [0.3, 0.4) is 0 Å². The van der Waals surface area contributed by atoms with E-state index in [9.17, 15) is 9.18 Å². The SMILES string of the molecule is COc1ccc(Cl)cc1NC(=O)NCc1ccc(F)c(Br)c1. The van der Waals surface area contributed by atoms with Crippen molar-refractivity contribution in [2.75, 3.05) is 12.4 Å². The standard InChI is InChI=1S/C15H13BrClFN2O2/c1-22-14-5-3-10(17)7-13(14)20-15(21)19-8-9-2-4-12(18)11(16)6-9/h2-7H,8H2,1H3,(H2,19,20,21). The molecule has 0 radical (unpaired) electrons. The second-order valence-corrected chi connectivity index (χ2v) is 5.69. The van der Waals surface area contributed by atoms with E-state index in [2.05, 4.69) is 26.6 Å². The van der Waals surface area contributed by atoms with Gasteiger partial charge in [0.05, 0.1) is 17.3 Å². The predicted molar refractivity (Wildman–Crippen MR) is 88.0 cm³/mol. The van der Waals surface area contributed by atoms with Gasteiger partial charge in [-0.25, -0.2) is 9.18 Å². The number of ether oxygens (including phenoxy) is 1. The van der Waals surface area contributed by atoms with Crippen molar-refractivity contribution in [1.29, 1.82) is 0 Å². The summed E-state index contributed by atoms with van der Waals surface area (Å²) in [6.07, 6.45) is 0. The largest absolute Gasteiger partial charge is 0.495 e. The van der Waals surface area contributed by atoms with E-state index in [-0.39, 0.29) is 12.4 Å². The lowest BCUT2D eigenvalue weighted by Crippen LogP contribution is -2.28. The molecule has 2 rings (SSSR count). The molecule has 0 bridgehead atoms. The lowest BCUT2D eigenvalue weighted by molar-refractivity contribution is 0.251. The van der Waals surface area contributed by atoms with Crippen molar-refractivity contribution in [3.63, 3.8) is 0 Å². The molecule has 4 nitrogen and oxygen atoms in total. The van der Waals surface area contributed by atoms with Crippen LogP contribution < -0.4 is 15.4 Å². The molecule has 116 valence electrons. The van der Waals surface area contributed by atoms with Crippen molar-refractivity contribution >= 4 is 39.2 Å². The fraction of sp³-hybridized carbons (Fsp3) is 0.133. The molecule has 2 amide bonds. The number of methoxy groups -OCH3 is 1. The molecule has 2 aromatic rings. The molecule has 0 heterocycles. The number of anilines is 1. The molecule has 0 atom stereocenters. The zero-order chi connectivity index (χ0) is 16.1. The number of urea groups is 1. The lowest BCUT2D eigenvalue weighted by atomic mass is 10.2. The Bertz CT molecular complexity index is 697. The number of amides is 2. The van der Waals surface area contributed by atoms with Gasteiger partial charge in [-0.2, -0.15) is 0 Å². The molecule has 0 aliphatic heterocycles. The summed E-state index contributed by atoms with van der Waals surface area (Å²) in [5.74, 6) is 0.154. The second kappa shape index (κ2) is 7.47. The molecule has 0 saturated carbocycles. The Morgan fingerprint density at radius 3 is 2.77 bits per heavy atom. The number of hydrogen-bond donors (Lipinski definition) is 2. The van der Waals surface area contributed by atoms with Crippen molar-refractivity contribution in [2.24, 2.45) is 0 Å². The fourth-order valence-electron chi connectivity index (χ4n) is 1.78. The Morgan fingerprint density at radius 2 is 2.09 bits per heavy atom. The van der Waals surface area contributed by atoms with E-state index in [0.29, 0.717) is 20.9 Å². The van der Waals surface area contributed by atoms with E-state index in [1.165, 1.54) is 13.2 Å². The summed E-state index contributed by atoms with van der Waals surface area (Å²) in [7, 11) is 1.50. The van der Waals surface area contributed by atoms with Gasteiger partial charge in [0.15, 0.2) is 0 Å². The third-order valence-corrected chi connectivity index (χ3v) is 3.69. The Labute approximate surface area is 140 Å². The van der Waals surface area contributed by atoms with Crippen molar-refractivity contribution < 1.29 is 13.9 Å². The molecule has 0 aromatic heterocycles. The topological polar surface area (TPSA) is 50.4 Å². The summed E-state index contributed by atoms with van der Waals surface area (Å²) in [6, 6.07) is 9.04. The van der Waals surface area contributed by atoms with Crippen LogP contribution in [0.2, 0.25) is 5.02 Å². The molecule has 2 N–H and O–H groups in total. The molecule has 0 fully saturated rings. The first-order valence-corrected chi connectivity index (χ1v) is 7.49. The normalized spacial score (nSPS) is 10.2. The Morgan fingerprint density at radius 1 is 1.32 bits per heavy atom. The fourth-order valence-corrected chi connectivity index (χ4v) is 2.37. The van der Waals surface area contributed by atoms with Gasteiger partial charge in [-0.3, -0.25) is 0 Å². The number of carbonyl (C=O) groups excluding carboxylic acids is 1. The summed E-state index contributed by atoms with van der Waals surface area (Å²) < 4.78 is 18.6. The minimum Gasteiger partial charge on any atom is -0.495 e. The smallest absolute Gasteiger partial charge is 0.319 e. The first-order valence-electron chi connectivity index (χ1n) is 6.32. The average Bonchev–Trinajstić information content (AvgIpc) is 2.49. The highest BCUT2D eigenvalue weighted by atomic mass is 79.9. The highest BCUT2D eigenvalue weighted by Gasteiger charge is 2.08. The molecular formula is C15H13BrClFN2O2. The molecule has 0 aliphatic carbocycles. The maximum absolute atomic E-state index is 13.1. The summed E-state index contributed by atoms with van der Waals surface area (Å²) >= 11 is 8.99. The van der Waals surface area contributed by atoms with Gasteiger partial charge in [0.25, 0.3) is 0 Å². The van der Waals surface area contributed by atoms with Gasteiger partial charge in [0, 0.05) is 11.6 Å². The number of hydrogen-bond acceptors (Lipinski definition) is 2. The summed E-state index contributed by atoms with van der Waals surface area (Å²) in [5, 5.41) is 5.81. The van der Waals surface area contributed by atoms with Crippen LogP contribution in [-0.4, -0.2) is 13.1 Å². The van der Waals surface area contributed by atoms with Crippen molar-refractivity contribution in [2.45, 2.75) is 6.54 Å². The second-order valence-electron chi connectivity index (χ2n) is 4.40. The van der Waals surface area contributed by atoms with E-state index >= 15 is 0 Å². The number of rotatable bonds is 4. The predicted octanol–water partition coefficient (Wildman–Crippen LogP) is 4.57. The minimum atomic E-state index is -0.416. The third kappa shape index (κ3) is 4.35. The third-order valence-electron chi connectivity index (χ3n) is 2.85. The zero-order valence-electron chi connectivity index (χ0n) is 11.6. The van der Waals surface area contributed by atoms with Crippen molar-refractivity contribution in [1.82, 2.24) is 5.32 Å². The van der Waals surface area contributed by atoms with Crippen LogP contribution in [0.15, 0.2) is 40.9 Å². The quantitative estimate of drug-likeness (QED) is 0.807.